The van der Waals surface area contributed by atoms with E-state index in [2.05, 4.69) is 20.8 Å². The molecule has 3 aromatic rings. The third-order valence-electron chi connectivity index (χ3n) is 3.90. The Hall–Kier alpha value is -3.48. The lowest BCUT2D eigenvalue weighted by Gasteiger charge is -2.14. The molecule has 0 saturated carbocycles. The first kappa shape index (κ1) is 18.3. The summed E-state index contributed by atoms with van der Waals surface area (Å²) in [5, 5.41) is 13.5. The van der Waals surface area contributed by atoms with Crippen molar-refractivity contribution < 1.29 is 14.0 Å². The topological polar surface area (TPSA) is 97.1 Å². The van der Waals surface area contributed by atoms with Crippen LogP contribution < -0.4 is 10.6 Å². The van der Waals surface area contributed by atoms with Crippen molar-refractivity contribution in [1.29, 1.82) is 0 Å². The van der Waals surface area contributed by atoms with Crippen molar-refractivity contribution in [3.63, 3.8) is 0 Å². The number of nitrogens with zero attached hydrogens (tertiary/aromatic N) is 2. The summed E-state index contributed by atoms with van der Waals surface area (Å²) in [6.45, 7) is 3.15. The molecular formula is C20H20N4O3. The minimum atomic E-state index is -0.342. The second kappa shape index (κ2) is 8.27. The maximum Gasteiger partial charge on any atom is 0.225 e. The second-order valence-corrected chi connectivity index (χ2v) is 6.14. The molecule has 27 heavy (non-hydrogen) atoms. The molecule has 7 heteroatoms. The minimum Gasteiger partial charge on any atom is -0.425 e. The maximum atomic E-state index is 12.6. The smallest absolute Gasteiger partial charge is 0.225 e. The third-order valence-corrected chi connectivity index (χ3v) is 3.90. The SMILES string of the molecule is CC(=O)Nc1cccc(NC(=O)CC(c2ccccc2)c2nnc(C)o2)c1. The van der Waals surface area contributed by atoms with Crippen molar-refractivity contribution in [3.05, 3.63) is 71.9 Å². The molecule has 0 fully saturated rings. The van der Waals surface area contributed by atoms with Gasteiger partial charge < -0.3 is 15.1 Å². The fourth-order valence-electron chi connectivity index (χ4n) is 2.76. The zero-order chi connectivity index (χ0) is 19.2. The first-order valence-electron chi connectivity index (χ1n) is 8.53. The average molecular weight is 364 g/mol. The molecule has 7 nitrogen and oxygen atoms in total. The van der Waals surface area contributed by atoms with Gasteiger partial charge in [0.15, 0.2) is 0 Å². The van der Waals surface area contributed by atoms with Gasteiger partial charge in [-0.25, -0.2) is 0 Å². The van der Waals surface area contributed by atoms with Gasteiger partial charge in [-0.05, 0) is 23.8 Å². The van der Waals surface area contributed by atoms with Crippen molar-refractivity contribution in [2.75, 3.05) is 10.6 Å². The molecule has 1 aromatic heterocycles. The van der Waals surface area contributed by atoms with Gasteiger partial charge >= 0.3 is 0 Å². The molecule has 1 unspecified atom stereocenters. The van der Waals surface area contributed by atoms with Gasteiger partial charge in [-0.2, -0.15) is 0 Å². The van der Waals surface area contributed by atoms with E-state index in [9.17, 15) is 9.59 Å². The Bertz CT molecular complexity index is 937. The van der Waals surface area contributed by atoms with E-state index in [0.717, 1.165) is 5.56 Å². The number of amides is 2. The fourth-order valence-corrected chi connectivity index (χ4v) is 2.76. The van der Waals surface area contributed by atoms with Gasteiger partial charge in [0, 0.05) is 31.6 Å². The van der Waals surface area contributed by atoms with Crippen LogP contribution in [0.5, 0.6) is 0 Å². The molecule has 0 spiro atoms. The van der Waals surface area contributed by atoms with E-state index in [-0.39, 0.29) is 24.2 Å². The summed E-state index contributed by atoms with van der Waals surface area (Å²) in [5.41, 5.74) is 2.13. The summed E-state index contributed by atoms with van der Waals surface area (Å²) < 4.78 is 5.56. The number of aryl methyl sites for hydroxylation is 1. The molecular weight excluding hydrogens is 344 g/mol. The number of rotatable bonds is 6. The van der Waals surface area contributed by atoms with E-state index in [1.165, 1.54) is 6.92 Å². The highest BCUT2D eigenvalue weighted by Crippen LogP contribution is 2.27. The summed E-state index contributed by atoms with van der Waals surface area (Å²) in [7, 11) is 0. The van der Waals surface area contributed by atoms with Crippen LogP contribution in [-0.2, 0) is 9.59 Å². The van der Waals surface area contributed by atoms with E-state index in [4.69, 9.17) is 4.42 Å². The first-order chi connectivity index (χ1) is 13.0. The normalized spacial score (nSPS) is 11.6. The largest absolute Gasteiger partial charge is 0.425 e. The molecule has 1 heterocycles. The van der Waals surface area contributed by atoms with Gasteiger partial charge in [0.2, 0.25) is 23.6 Å². The zero-order valence-electron chi connectivity index (χ0n) is 15.1. The maximum absolute atomic E-state index is 12.6. The Balaban J connectivity index is 1.76. The number of nitrogens with one attached hydrogen (secondary N) is 2. The van der Waals surface area contributed by atoms with Crippen LogP contribution in [0.25, 0.3) is 0 Å². The highest BCUT2D eigenvalue weighted by molar-refractivity contribution is 5.93. The third kappa shape index (κ3) is 5.01. The molecule has 138 valence electrons. The van der Waals surface area contributed by atoms with Crippen LogP contribution in [0.4, 0.5) is 11.4 Å². The molecule has 0 aliphatic heterocycles. The van der Waals surface area contributed by atoms with Crippen LogP contribution in [0.1, 0.15) is 36.6 Å². The lowest BCUT2D eigenvalue weighted by atomic mass is 9.95. The second-order valence-electron chi connectivity index (χ2n) is 6.14. The van der Waals surface area contributed by atoms with E-state index in [0.29, 0.717) is 23.2 Å². The number of carbonyl (C=O) groups is 2. The van der Waals surface area contributed by atoms with Crippen molar-refractivity contribution in [3.8, 4) is 0 Å². The van der Waals surface area contributed by atoms with E-state index < -0.39 is 0 Å². The highest BCUT2D eigenvalue weighted by Gasteiger charge is 2.23. The molecule has 0 aliphatic rings. The Kier molecular flexibility index (Phi) is 5.61. The Labute approximate surface area is 156 Å². The summed E-state index contributed by atoms with van der Waals surface area (Å²) in [6, 6.07) is 16.5. The van der Waals surface area contributed by atoms with Gasteiger partial charge in [0.25, 0.3) is 0 Å². The Morgan fingerprint density at radius 1 is 1.00 bits per heavy atom. The molecule has 2 aromatic carbocycles. The standard InChI is InChI=1S/C20H20N4O3/c1-13(25)21-16-9-6-10-17(11-16)22-19(26)12-18(15-7-4-3-5-8-15)20-24-23-14(2)27-20/h3-11,18H,12H2,1-2H3,(H,21,25)(H,22,26). The highest BCUT2D eigenvalue weighted by atomic mass is 16.4. The van der Waals surface area contributed by atoms with Crippen LogP contribution in [0, 0.1) is 6.92 Å². The quantitative estimate of drug-likeness (QED) is 0.698. The Morgan fingerprint density at radius 3 is 2.33 bits per heavy atom. The van der Waals surface area contributed by atoms with Crippen LogP contribution in [0.2, 0.25) is 0 Å². The lowest BCUT2D eigenvalue weighted by molar-refractivity contribution is -0.116. The van der Waals surface area contributed by atoms with Crippen molar-refractivity contribution in [2.24, 2.45) is 0 Å². The number of hydrogen-bond acceptors (Lipinski definition) is 5. The number of anilines is 2. The number of aromatic nitrogens is 2. The average Bonchev–Trinajstić information content (AvgIpc) is 3.06. The van der Waals surface area contributed by atoms with Gasteiger partial charge in [-0.3, -0.25) is 9.59 Å². The predicted octanol–water partition coefficient (Wildman–Crippen LogP) is 3.50. The Morgan fingerprint density at radius 2 is 1.70 bits per heavy atom. The zero-order valence-corrected chi connectivity index (χ0v) is 15.1. The number of hydrogen-bond donors (Lipinski definition) is 2. The van der Waals surface area contributed by atoms with Gasteiger partial charge in [-0.15, -0.1) is 10.2 Å². The minimum absolute atomic E-state index is 0.149. The van der Waals surface area contributed by atoms with E-state index in [1.807, 2.05) is 30.3 Å². The molecule has 0 radical (unpaired) electrons. The van der Waals surface area contributed by atoms with Crippen LogP contribution in [-0.4, -0.2) is 22.0 Å². The van der Waals surface area contributed by atoms with Gasteiger partial charge in [0.05, 0.1) is 5.92 Å². The molecule has 3 rings (SSSR count). The van der Waals surface area contributed by atoms with Crippen molar-refractivity contribution >= 4 is 23.2 Å². The molecule has 0 aliphatic carbocycles. The van der Waals surface area contributed by atoms with Gasteiger partial charge in [0.1, 0.15) is 0 Å². The molecule has 0 bridgehead atoms. The predicted molar refractivity (Wildman–Crippen MR) is 101 cm³/mol. The lowest BCUT2D eigenvalue weighted by Crippen LogP contribution is -2.17. The molecule has 2 amide bonds. The van der Waals surface area contributed by atoms with Crippen LogP contribution in [0.3, 0.4) is 0 Å². The number of carbonyl (C=O) groups excluding carboxylic acids is 2. The summed E-state index contributed by atoms with van der Waals surface area (Å²) in [4.78, 5) is 23.8. The summed E-state index contributed by atoms with van der Waals surface area (Å²) in [5.74, 6) is 0.148. The van der Waals surface area contributed by atoms with Crippen LogP contribution >= 0.6 is 0 Å². The molecule has 2 N–H and O–H groups in total. The van der Waals surface area contributed by atoms with E-state index >= 15 is 0 Å². The first-order valence-corrected chi connectivity index (χ1v) is 8.53. The number of benzene rings is 2. The van der Waals surface area contributed by atoms with Crippen molar-refractivity contribution in [1.82, 2.24) is 10.2 Å². The van der Waals surface area contributed by atoms with E-state index in [1.54, 1.807) is 31.2 Å². The van der Waals surface area contributed by atoms with Crippen molar-refractivity contribution in [2.45, 2.75) is 26.2 Å². The van der Waals surface area contributed by atoms with Crippen LogP contribution in [0.15, 0.2) is 59.0 Å². The monoisotopic (exact) mass is 364 g/mol. The van der Waals surface area contributed by atoms with Gasteiger partial charge in [-0.1, -0.05) is 36.4 Å². The fraction of sp³-hybridized carbons (Fsp3) is 0.200. The molecule has 0 saturated heterocycles. The molecule has 1 atom stereocenters. The summed E-state index contributed by atoms with van der Waals surface area (Å²) in [6.07, 6.45) is 0.149. The summed E-state index contributed by atoms with van der Waals surface area (Å²) >= 11 is 0.